The maximum absolute atomic E-state index is 12.7. The Morgan fingerprint density at radius 2 is 1.81 bits per heavy atom. The first-order valence-corrected chi connectivity index (χ1v) is 10.6. The lowest BCUT2D eigenvalue weighted by molar-refractivity contribution is -0.128. The second-order valence-electron chi connectivity index (χ2n) is 6.86. The minimum absolute atomic E-state index is 0.354. The number of hydrazine groups is 1. The number of carbonyl (C=O) groups is 2. The zero-order valence-corrected chi connectivity index (χ0v) is 18.8. The number of hydrogen-bond donors (Lipinski definition) is 2. The van der Waals surface area contributed by atoms with E-state index in [1.165, 1.54) is 6.20 Å². The Morgan fingerprint density at radius 3 is 2.47 bits per heavy atom. The summed E-state index contributed by atoms with van der Waals surface area (Å²) in [6, 6.07) is 14.1. The predicted octanol–water partition coefficient (Wildman–Crippen LogP) is 3.72. The van der Waals surface area contributed by atoms with Gasteiger partial charge in [0.05, 0.1) is 29.7 Å². The molecule has 2 N–H and O–H groups in total. The zero-order valence-electron chi connectivity index (χ0n) is 18.1. The molecular weight excluding hydrogens is 432 g/mol. The third-order valence-corrected chi connectivity index (χ3v) is 4.85. The Morgan fingerprint density at radius 1 is 1.09 bits per heavy atom. The summed E-state index contributed by atoms with van der Waals surface area (Å²) in [4.78, 5) is 25.0. The summed E-state index contributed by atoms with van der Waals surface area (Å²) in [6.07, 6.45) is 1.19. The average molecular weight is 457 g/mol. The molecule has 1 heterocycles. The fourth-order valence-electron chi connectivity index (χ4n) is 3.06. The van der Waals surface area contributed by atoms with Crippen LogP contribution >= 0.6 is 11.6 Å². The van der Waals surface area contributed by atoms with E-state index in [-0.39, 0.29) is 0 Å². The molecule has 1 atom stereocenters. The van der Waals surface area contributed by atoms with Gasteiger partial charge in [0, 0.05) is 5.02 Å². The van der Waals surface area contributed by atoms with Gasteiger partial charge >= 0.3 is 0 Å². The summed E-state index contributed by atoms with van der Waals surface area (Å²) in [5.41, 5.74) is 6.61. The molecule has 32 heavy (non-hydrogen) atoms. The van der Waals surface area contributed by atoms with Crippen LogP contribution in [0.5, 0.6) is 11.5 Å². The van der Waals surface area contributed by atoms with Crippen molar-refractivity contribution in [1.29, 1.82) is 0 Å². The normalized spacial score (nSPS) is 11.5. The Kier molecular flexibility index (Phi) is 7.72. The number of nitrogens with one attached hydrogen (secondary N) is 2. The standard InChI is InChI=1S/C23H25ClN4O4/c1-4-21-20(14-25-28(21)17-8-6-7-16(24)13-17)23(30)27-26-22(29)15(3)32-19-11-9-18(10-12-19)31-5-2/h6-15H,4-5H2,1-3H3,(H,26,29)(H,27,30). The SMILES string of the molecule is CCOc1ccc(OC(C)C(=O)NNC(=O)c2cnn(-c3cccc(Cl)c3)c2CC)cc1. The molecule has 0 aliphatic carbocycles. The van der Waals surface area contributed by atoms with Crippen LogP contribution in [0, 0.1) is 0 Å². The van der Waals surface area contributed by atoms with E-state index in [2.05, 4.69) is 16.0 Å². The largest absolute Gasteiger partial charge is 0.494 e. The fourth-order valence-corrected chi connectivity index (χ4v) is 3.24. The van der Waals surface area contributed by atoms with E-state index in [9.17, 15) is 9.59 Å². The van der Waals surface area contributed by atoms with Crippen molar-refractivity contribution in [2.75, 3.05) is 6.61 Å². The molecule has 0 fully saturated rings. The Hall–Kier alpha value is -3.52. The van der Waals surface area contributed by atoms with Gasteiger partial charge in [-0.05, 0) is 62.7 Å². The van der Waals surface area contributed by atoms with Crippen LogP contribution in [0.15, 0.2) is 54.7 Å². The summed E-state index contributed by atoms with van der Waals surface area (Å²) in [7, 11) is 0. The van der Waals surface area contributed by atoms with Crippen molar-refractivity contribution in [3.63, 3.8) is 0 Å². The topological polar surface area (TPSA) is 94.5 Å². The van der Waals surface area contributed by atoms with E-state index in [4.69, 9.17) is 21.1 Å². The molecule has 0 saturated heterocycles. The van der Waals surface area contributed by atoms with Crippen LogP contribution in [-0.2, 0) is 11.2 Å². The van der Waals surface area contributed by atoms with Crippen LogP contribution in [0.2, 0.25) is 5.02 Å². The lowest BCUT2D eigenvalue weighted by Gasteiger charge is -2.15. The van der Waals surface area contributed by atoms with Crippen LogP contribution in [0.1, 0.15) is 36.8 Å². The summed E-state index contributed by atoms with van der Waals surface area (Å²) in [5, 5.41) is 4.88. The van der Waals surface area contributed by atoms with Crippen LogP contribution in [0.4, 0.5) is 0 Å². The molecule has 0 spiro atoms. The first-order valence-electron chi connectivity index (χ1n) is 10.3. The molecule has 1 aromatic heterocycles. The molecule has 2 amide bonds. The first kappa shape index (κ1) is 23.1. The molecule has 0 aliphatic heterocycles. The molecule has 2 aromatic carbocycles. The molecule has 0 saturated carbocycles. The van der Waals surface area contributed by atoms with E-state index in [0.717, 1.165) is 5.69 Å². The van der Waals surface area contributed by atoms with Gasteiger partial charge in [-0.25, -0.2) is 4.68 Å². The van der Waals surface area contributed by atoms with Crippen LogP contribution in [0.25, 0.3) is 5.69 Å². The molecule has 168 valence electrons. The monoisotopic (exact) mass is 456 g/mol. The highest BCUT2D eigenvalue weighted by Gasteiger charge is 2.20. The number of nitrogens with zero attached hydrogens (tertiary/aromatic N) is 2. The zero-order chi connectivity index (χ0) is 23.1. The van der Waals surface area contributed by atoms with Gasteiger partial charge in [0.15, 0.2) is 6.10 Å². The van der Waals surface area contributed by atoms with Gasteiger partial charge in [-0.2, -0.15) is 5.10 Å². The highest BCUT2D eigenvalue weighted by atomic mass is 35.5. The maximum Gasteiger partial charge on any atom is 0.279 e. The van der Waals surface area contributed by atoms with Gasteiger partial charge in [0.2, 0.25) is 0 Å². The van der Waals surface area contributed by atoms with E-state index in [1.807, 2.05) is 26.0 Å². The molecule has 9 heteroatoms. The predicted molar refractivity (Wildman–Crippen MR) is 121 cm³/mol. The second-order valence-corrected chi connectivity index (χ2v) is 7.29. The van der Waals surface area contributed by atoms with Crippen LogP contribution < -0.4 is 20.3 Å². The van der Waals surface area contributed by atoms with Crippen molar-refractivity contribution in [2.45, 2.75) is 33.3 Å². The van der Waals surface area contributed by atoms with Crippen LogP contribution in [-0.4, -0.2) is 34.3 Å². The van der Waals surface area contributed by atoms with Gasteiger partial charge in [-0.1, -0.05) is 24.6 Å². The Labute approximate surface area is 191 Å². The van der Waals surface area contributed by atoms with Crippen LogP contribution in [0.3, 0.4) is 0 Å². The maximum atomic E-state index is 12.7. The molecule has 0 bridgehead atoms. The molecule has 8 nitrogen and oxygen atoms in total. The van der Waals surface area contributed by atoms with E-state index >= 15 is 0 Å². The minimum Gasteiger partial charge on any atom is -0.494 e. The lowest BCUT2D eigenvalue weighted by Crippen LogP contribution is -2.47. The van der Waals surface area contributed by atoms with Gasteiger partial charge in [0.1, 0.15) is 11.5 Å². The number of carbonyl (C=O) groups excluding carboxylic acids is 2. The highest BCUT2D eigenvalue weighted by Crippen LogP contribution is 2.20. The van der Waals surface area contributed by atoms with Crippen molar-refractivity contribution in [1.82, 2.24) is 20.6 Å². The molecule has 3 aromatic rings. The third-order valence-electron chi connectivity index (χ3n) is 4.62. The number of benzene rings is 2. The number of amides is 2. The third kappa shape index (κ3) is 5.59. The summed E-state index contributed by atoms with van der Waals surface area (Å²) in [6.45, 7) is 5.97. The number of rotatable bonds is 8. The Bertz CT molecular complexity index is 1080. The number of ether oxygens (including phenoxy) is 2. The molecule has 3 rings (SSSR count). The molecule has 0 aliphatic rings. The van der Waals surface area contributed by atoms with Crippen molar-refractivity contribution >= 4 is 23.4 Å². The lowest BCUT2D eigenvalue weighted by atomic mass is 10.2. The number of halogens is 1. The molecular formula is C23H25ClN4O4. The van der Waals surface area contributed by atoms with Gasteiger partial charge in [-0.3, -0.25) is 20.4 Å². The summed E-state index contributed by atoms with van der Waals surface area (Å²) < 4.78 is 12.6. The van der Waals surface area contributed by atoms with Crippen molar-refractivity contribution in [3.05, 3.63) is 71.0 Å². The van der Waals surface area contributed by atoms with E-state index in [0.29, 0.717) is 40.8 Å². The smallest absolute Gasteiger partial charge is 0.279 e. The van der Waals surface area contributed by atoms with Gasteiger partial charge in [-0.15, -0.1) is 0 Å². The molecule has 0 radical (unpaired) electrons. The second kappa shape index (κ2) is 10.7. The minimum atomic E-state index is -0.826. The Balaban J connectivity index is 1.60. The number of hydrogen-bond acceptors (Lipinski definition) is 5. The quantitative estimate of drug-likeness (QED) is 0.504. The van der Waals surface area contributed by atoms with Crippen molar-refractivity contribution in [3.8, 4) is 17.2 Å². The van der Waals surface area contributed by atoms with Gasteiger partial charge < -0.3 is 9.47 Å². The average Bonchev–Trinajstić information content (AvgIpc) is 3.23. The van der Waals surface area contributed by atoms with Crippen molar-refractivity contribution < 1.29 is 19.1 Å². The van der Waals surface area contributed by atoms with Crippen molar-refractivity contribution in [2.24, 2.45) is 0 Å². The first-order chi connectivity index (χ1) is 15.4. The highest BCUT2D eigenvalue weighted by molar-refractivity contribution is 6.30. The van der Waals surface area contributed by atoms with Gasteiger partial charge in [0.25, 0.3) is 11.8 Å². The summed E-state index contributed by atoms with van der Waals surface area (Å²) >= 11 is 6.07. The van der Waals surface area contributed by atoms with E-state index in [1.54, 1.807) is 48.0 Å². The fraction of sp³-hybridized carbons (Fsp3) is 0.261. The summed E-state index contributed by atoms with van der Waals surface area (Å²) in [5.74, 6) is 0.261. The number of aromatic nitrogens is 2. The van der Waals surface area contributed by atoms with E-state index < -0.39 is 17.9 Å². The molecule has 1 unspecified atom stereocenters.